The van der Waals surface area contributed by atoms with Gasteiger partial charge in [0.1, 0.15) is 23.4 Å². The van der Waals surface area contributed by atoms with Gasteiger partial charge in [0, 0.05) is 69.5 Å². The molecule has 2 amide bonds. The maximum atomic E-state index is 14.6. The molecule has 41 heavy (non-hydrogen) atoms. The fourth-order valence-electron chi connectivity index (χ4n) is 6.70. The highest BCUT2D eigenvalue weighted by Gasteiger charge is 2.77. The Balaban J connectivity index is 0.00000337. The molecule has 0 N–H and O–H groups in total. The van der Waals surface area contributed by atoms with Crippen molar-refractivity contribution in [2.24, 2.45) is 5.41 Å². The maximum Gasteiger partial charge on any atom is 0.431 e. The number of amides is 2. The summed E-state index contributed by atoms with van der Waals surface area (Å²) >= 11 is 0. The number of carbonyl (C=O) groups is 2. The number of carbonyl (C=O) groups excluding carboxylic acids is 2. The van der Waals surface area contributed by atoms with Gasteiger partial charge in [0.05, 0.1) is 0 Å². The molecule has 0 aromatic heterocycles. The van der Waals surface area contributed by atoms with Crippen molar-refractivity contribution in [2.75, 3.05) is 51.7 Å². The molecule has 0 radical (unpaired) electrons. The Morgan fingerprint density at radius 1 is 1.00 bits per heavy atom. The first-order valence-electron chi connectivity index (χ1n) is 13.2. The molecule has 6 rings (SSSR count). The third-order valence-corrected chi connectivity index (χ3v) is 8.85. The Labute approximate surface area is 241 Å². The number of benzene rings is 2. The van der Waals surface area contributed by atoms with Crippen LogP contribution in [0.3, 0.4) is 0 Å². The molecule has 1 aliphatic carbocycles. The molecule has 2 atom stereocenters. The first kappa shape index (κ1) is 29.6. The van der Waals surface area contributed by atoms with Crippen LogP contribution in [0.25, 0.3) is 0 Å². The van der Waals surface area contributed by atoms with E-state index in [0.29, 0.717) is 44.7 Å². The van der Waals surface area contributed by atoms with E-state index < -0.39 is 52.4 Å². The van der Waals surface area contributed by atoms with Gasteiger partial charge in [0.2, 0.25) is 0 Å². The Hall–Kier alpha value is -2.90. The molecule has 7 nitrogen and oxygen atoms in total. The Kier molecular flexibility index (Phi) is 7.31. The number of hydrogen-bond donors (Lipinski definition) is 0. The van der Waals surface area contributed by atoms with E-state index in [4.69, 9.17) is 4.74 Å². The zero-order chi connectivity index (χ0) is 28.6. The lowest BCUT2D eigenvalue weighted by molar-refractivity contribution is -0.302. The third-order valence-electron chi connectivity index (χ3n) is 8.85. The average molecular weight is 599 g/mol. The topological polar surface area (TPSA) is 56.3 Å². The summed E-state index contributed by atoms with van der Waals surface area (Å²) in [6.45, 7) is 2.44. The molecule has 3 saturated heterocycles. The van der Waals surface area contributed by atoms with E-state index >= 15 is 0 Å². The van der Waals surface area contributed by atoms with Crippen molar-refractivity contribution in [3.63, 3.8) is 0 Å². The van der Waals surface area contributed by atoms with Gasteiger partial charge >= 0.3 is 6.18 Å². The van der Waals surface area contributed by atoms with Crippen LogP contribution in [0, 0.1) is 17.0 Å². The number of hydrogen-bond acceptors (Lipinski definition) is 5. The number of ether oxygens (including phenoxy) is 1. The van der Waals surface area contributed by atoms with Crippen molar-refractivity contribution in [1.82, 2.24) is 14.7 Å². The molecular formula is C28H31F5N4O3S. The summed E-state index contributed by atoms with van der Waals surface area (Å²) in [6, 6.07) is 9.53. The molecule has 3 aliphatic heterocycles. The zero-order valence-electron chi connectivity index (χ0n) is 22.5. The van der Waals surface area contributed by atoms with Gasteiger partial charge in [-0.1, -0.05) is 30.3 Å². The molecular weight excluding hydrogens is 567 g/mol. The quantitative estimate of drug-likeness (QED) is 0.503. The normalized spacial score (nSPS) is 29.5. The highest BCUT2D eigenvalue weighted by Crippen LogP contribution is 2.62. The number of fused-ring (bicyclic) bond motifs is 2. The van der Waals surface area contributed by atoms with Crippen LogP contribution < -0.4 is 4.90 Å². The maximum absolute atomic E-state index is 14.6. The SMILES string of the molecule is CN(C)C(=O)c1c(F)cc(N2CCN(C3CC4(C3)CN3C(=O)[C@@](c5ccccc5)(C(F)(F)F)OC34)CC2)cc1F.S. The molecule has 2 aromatic rings. The van der Waals surface area contributed by atoms with E-state index in [1.165, 1.54) is 55.4 Å². The number of halogens is 5. The van der Waals surface area contributed by atoms with Crippen LogP contribution in [0.4, 0.5) is 27.6 Å². The number of alkyl halides is 3. The van der Waals surface area contributed by atoms with Gasteiger partial charge in [-0.25, -0.2) is 8.78 Å². The predicted molar refractivity (Wildman–Crippen MR) is 145 cm³/mol. The number of anilines is 1. The summed E-state index contributed by atoms with van der Waals surface area (Å²) in [5.41, 5.74) is -3.95. The van der Waals surface area contributed by atoms with Crippen molar-refractivity contribution in [2.45, 2.75) is 36.9 Å². The van der Waals surface area contributed by atoms with Crippen LogP contribution in [0.2, 0.25) is 0 Å². The number of rotatable bonds is 4. The molecule has 4 fully saturated rings. The van der Waals surface area contributed by atoms with Crippen LogP contribution in [0.5, 0.6) is 0 Å². The first-order chi connectivity index (χ1) is 18.9. The zero-order valence-corrected chi connectivity index (χ0v) is 23.5. The van der Waals surface area contributed by atoms with Crippen molar-refractivity contribution >= 4 is 31.0 Å². The summed E-state index contributed by atoms with van der Waals surface area (Å²) < 4.78 is 77.9. The summed E-state index contributed by atoms with van der Waals surface area (Å²) in [6.07, 6.45) is -4.61. The largest absolute Gasteiger partial charge is 0.431 e. The molecule has 3 heterocycles. The summed E-state index contributed by atoms with van der Waals surface area (Å²) in [4.78, 5) is 31.5. The van der Waals surface area contributed by atoms with Gasteiger partial charge in [-0.05, 0) is 25.0 Å². The second-order valence-electron chi connectivity index (χ2n) is 11.4. The molecule has 1 saturated carbocycles. The minimum Gasteiger partial charge on any atom is -0.369 e. The van der Waals surface area contributed by atoms with Crippen molar-refractivity contribution in [3.8, 4) is 0 Å². The monoisotopic (exact) mass is 598 g/mol. The lowest BCUT2D eigenvalue weighted by atomic mass is 9.59. The molecule has 222 valence electrons. The van der Waals surface area contributed by atoms with E-state index in [1.807, 2.05) is 4.90 Å². The first-order valence-corrected chi connectivity index (χ1v) is 13.2. The van der Waals surface area contributed by atoms with Gasteiger partial charge in [-0.3, -0.25) is 14.5 Å². The van der Waals surface area contributed by atoms with E-state index in [1.54, 1.807) is 6.07 Å². The van der Waals surface area contributed by atoms with E-state index in [0.717, 1.165) is 4.90 Å². The van der Waals surface area contributed by atoms with Gasteiger partial charge in [-0.15, -0.1) is 0 Å². The van der Waals surface area contributed by atoms with Crippen LogP contribution in [-0.4, -0.2) is 91.8 Å². The Morgan fingerprint density at radius 2 is 1.59 bits per heavy atom. The molecule has 0 bridgehead atoms. The summed E-state index contributed by atoms with van der Waals surface area (Å²) in [5, 5.41) is 0. The molecule has 2 aromatic carbocycles. The minimum absolute atomic E-state index is 0. The Morgan fingerprint density at radius 3 is 2.12 bits per heavy atom. The second-order valence-corrected chi connectivity index (χ2v) is 11.4. The van der Waals surface area contributed by atoms with Gasteiger partial charge in [0.15, 0.2) is 0 Å². The van der Waals surface area contributed by atoms with Crippen molar-refractivity contribution in [1.29, 1.82) is 0 Å². The van der Waals surface area contributed by atoms with Crippen LogP contribution in [0.1, 0.15) is 28.8 Å². The van der Waals surface area contributed by atoms with E-state index in [-0.39, 0.29) is 31.6 Å². The van der Waals surface area contributed by atoms with Crippen LogP contribution >= 0.6 is 13.5 Å². The highest BCUT2D eigenvalue weighted by molar-refractivity contribution is 7.59. The van der Waals surface area contributed by atoms with Gasteiger partial charge < -0.3 is 19.4 Å². The van der Waals surface area contributed by atoms with Crippen LogP contribution in [-0.2, 0) is 15.1 Å². The minimum atomic E-state index is -4.90. The Bertz CT molecular complexity index is 1320. The van der Waals surface area contributed by atoms with Crippen molar-refractivity contribution in [3.05, 3.63) is 65.2 Å². The van der Waals surface area contributed by atoms with Crippen molar-refractivity contribution < 1.29 is 36.3 Å². The predicted octanol–water partition coefficient (Wildman–Crippen LogP) is 3.71. The lowest BCUT2D eigenvalue weighted by Gasteiger charge is -2.63. The summed E-state index contributed by atoms with van der Waals surface area (Å²) in [5.74, 6) is -3.63. The van der Waals surface area contributed by atoms with Crippen LogP contribution in [0.15, 0.2) is 42.5 Å². The fourth-order valence-corrected chi connectivity index (χ4v) is 6.70. The van der Waals surface area contributed by atoms with E-state index in [2.05, 4.69) is 4.90 Å². The standard InChI is InChI=1S/C28H29F5N4O3.H2S/c1-34(2)23(38)22-20(29)12-18(13-21(22)30)35-8-10-36(11-9-35)19-14-26(15-19)16-37-24(39)27(28(31,32)33,40-25(26)37)17-6-4-3-5-7-17;/h3-7,12-13,19,25H,8-11,14-16H2,1-2H3;1H2/t19?,25?,26?,27-;/m0./s1. The number of nitrogens with zero attached hydrogens (tertiary/aromatic N) is 4. The average Bonchev–Trinajstić information content (AvgIpc) is 3.11. The third kappa shape index (κ3) is 4.38. The summed E-state index contributed by atoms with van der Waals surface area (Å²) in [7, 11) is 2.85. The molecule has 13 heteroatoms. The molecule has 4 aliphatic rings. The smallest absolute Gasteiger partial charge is 0.369 e. The fraction of sp³-hybridized carbons (Fsp3) is 0.500. The van der Waals surface area contributed by atoms with E-state index in [9.17, 15) is 31.5 Å². The molecule has 1 spiro atoms. The van der Waals surface area contributed by atoms with Gasteiger partial charge in [0.25, 0.3) is 17.4 Å². The second kappa shape index (κ2) is 10.1. The number of piperazine rings is 1. The molecule has 1 unspecified atom stereocenters. The van der Waals surface area contributed by atoms with Gasteiger partial charge in [-0.2, -0.15) is 26.7 Å². The lowest BCUT2D eigenvalue weighted by Crippen LogP contribution is -2.72. The highest BCUT2D eigenvalue weighted by atomic mass is 32.1.